The average Bonchev–Trinajstić information content (AvgIpc) is 2.15. The fraction of sp³-hybridized carbons (Fsp3) is 0.167. The number of carboxylic acids is 1. The molecule has 3 nitrogen and oxygen atoms in total. The van der Waals surface area contributed by atoms with E-state index in [4.69, 9.17) is 5.11 Å². The lowest BCUT2D eigenvalue weighted by molar-refractivity contribution is -0.131. The lowest BCUT2D eigenvalue weighted by Gasteiger charge is -2.05. The number of hydrogen-bond acceptors (Lipinski definition) is 2. The van der Waals surface area contributed by atoms with E-state index in [2.05, 4.69) is 0 Å². The van der Waals surface area contributed by atoms with Crippen molar-refractivity contribution in [3.05, 3.63) is 40.5 Å². The summed E-state index contributed by atoms with van der Waals surface area (Å²) in [5.41, 5.74) is 3.25. The van der Waals surface area contributed by atoms with Gasteiger partial charge in [-0.15, -0.1) is 0 Å². The van der Waals surface area contributed by atoms with Gasteiger partial charge in [0.05, 0.1) is 0 Å². The number of aliphatic carboxylic acids is 1. The van der Waals surface area contributed by atoms with Gasteiger partial charge in [0.1, 0.15) is 6.29 Å². The highest BCUT2D eigenvalue weighted by molar-refractivity contribution is 5.86. The number of carbonyl (C=O) groups excluding carboxylic acids is 1. The van der Waals surface area contributed by atoms with E-state index >= 15 is 0 Å². The van der Waals surface area contributed by atoms with Crippen LogP contribution in [0.3, 0.4) is 0 Å². The van der Waals surface area contributed by atoms with Gasteiger partial charge >= 0.3 is 5.97 Å². The van der Waals surface area contributed by atoms with E-state index in [1.165, 1.54) is 0 Å². The number of carboxylic acid groups (broad SMARTS) is 1. The Morgan fingerprint density at radius 3 is 2.20 bits per heavy atom. The van der Waals surface area contributed by atoms with Crippen molar-refractivity contribution in [2.24, 2.45) is 0 Å². The van der Waals surface area contributed by atoms with Crippen LogP contribution < -0.4 is 0 Å². The highest BCUT2D eigenvalue weighted by atomic mass is 16.4. The summed E-state index contributed by atoms with van der Waals surface area (Å²) in [5.74, 6) is -0.978. The third kappa shape index (κ3) is 2.77. The van der Waals surface area contributed by atoms with Crippen LogP contribution in [-0.2, 0) is 4.79 Å². The topological polar surface area (TPSA) is 54.4 Å². The van der Waals surface area contributed by atoms with Crippen molar-refractivity contribution in [1.29, 1.82) is 0 Å². The van der Waals surface area contributed by atoms with Crippen molar-refractivity contribution in [2.75, 3.05) is 0 Å². The molecule has 0 aliphatic heterocycles. The molecule has 78 valence electrons. The second-order valence-electron chi connectivity index (χ2n) is 3.36. The van der Waals surface area contributed by atoms with Crippen molar-refractivity contribution >= 4 is 18.3 Å². The van der Waals surface area contributed by atoms with Gasteiger partial charge in [-0.3, -0.25) is 4.79 Å². The molecule has 1 aromatic carbocycles. The van der Waals surface area contributed by atoms with E-state index in [0.29, 0.717) is 5.56 Å². The Kier molecular flexibility index (Phi) is 3.39. The second-order valence-corrected chi connectivity index (χ2v) is 3.36. The molecule has 0 spiro atoms. The molecular formula is C12H12O3. The van der Waals surface area contributed by atoms with E-state index in [9.17, 15) is 9.59 Å². The van der Waals surface area contributed by atoms with Gasteiger partial charge in [0, 0.05) is 11.6 Å². The number of rotatable bonds is 3. The number of hydrogen-bond donors (Lipinski definition) is 1. The SMILES string of the molecule is Cc1cc(C=O)cc(C)c1/C=C/C(=O)O. The summed E-state index contributed by atoms with van der Waals surface area (Å²) in [7, 11) is 0. The van der Waals surface area contributed by atoms with Crippen LogP contribution in [0.4, 0.5) is 0 Å². The summed E-state index contributed by atoms with van der Waals surface area (Å²) in [6, 6.07) is 3.48. The molecule has 0 saturated carbocycles. The molecule has 15 heavy (non-hydrogen) atoms. The van der Waals surface area contributed by atoms with Crippen molar-refractivity contribution < 1.29 is 14.7 Å². The molecule has 0 aromatic heterocycles. The standard InChI is InChI=1S/C12H12O3/c1-8-5-10(7-13)6-9(2)11(8)3-4-12(14)15/h3-7H,1-2H3,(H,14,15)/b4-3+. The minimum Gasteiger partial charge on any atom is -0.478 e. The van der Waals surface area contributed by atoms with Gasteiger partial charge in [-0.05, 0) is 48.7 Å². The molecule has 1 N–H and O–H groups in total. The van der Waals surface area contributed by atoms with Crippen LogP contribution in [0.15, 0.2) is 18.2 Å². The summed E-state index contributed by atoms with van der Waals surface area (Å²) in [6.07, 6.45) is 3.42. The lowest BCUT2D eigenvalue weighted by Crippen LogP contribution is -1.92. The molecule has 0 radical (unpaired) electrons. The number of aldehydes is 1. The van der Waals surface area contributed by atoms with E-state index < -0.39 is 5.97 Å². The zero-order chi connectivity index (χ0) is 11.4. The highest BCUT2D eigenvalue weighted by Crippen LogP contribution is 2.17. The summed E-state index contributed by atoms with van der Waals surface area (Å²) in [4.78, 5) is 21.0. The molecule has 1 aromatic rings. The molecule has 1 rings (SSSR count). The van der Waals surface area contributed by atoms with Crippen molar-refractivity contribution in [1.82, 2.24) is 0 Å². The minimum atomic E-state index is -0.978. The molecule has 0 bridgehead atoms. The van der Waals surface area contributed by atoms with Gasteiger partial charge in [-0.2, -0.15) is 0 Å². The summed E-state index contributed by atoms with van der Waals surface area (Å²) < 4.78 is 0. The largest absolute Gasteiger partial charge is 0.478 e. The molecule has 3 heteroatoms. The van der Waals surface area contributed by atoms with E-state index in [0.717, 1.165) is 29.1 Å². The quantitative estimate of drug-likeness (QED) is 0.606. The first kappa shape index (κ1) is 11.2. The van der Waals surface area contributed by atoms with Gasteiger partial charge in [0.25, 0.3) is 0 Å². The van der Waals surface area contributed by atoms with Crippen LogP contribution in [0, 0.1) is 13.8 Å². The molecule has 0 unspecified atom stereocenters. The fourth-order valence-electron chi connectivity index (χ4n) is 1.49. The summed E-state index contributed by atoms with van der Waals surface area (Å²) in [5, 5.41) is 8.51. The van der Waals surface area contributed by atoms with E-state index in [1.54, 1.807) is 18.2 Å². The third-order valence-electron chi connectivity index (χ3n) is 2.14. The van der Waals surface area contributed by atoms with Crippen LogP contribution in [0.25, 0.3) is 6.08 Å². The normalized spacial score (nSPS) is 10.5. The van der Waals surface area contributed by atoms with Crippen molar-refractivity contribution in [2.45, 2.75) is 13.8 Å². The maximum atomic E-state index is 10.6. The van der Waals surface area contributed by atoms with Gasteiger partial charge in [0.15, 0.2) is 0 Å². The predicted octanol–water partition coefficient (Wildman–Crippen LogP) is 2.21. The zero-order valence-electron chi connectivity index (χ0n) is 8.65. The van der Waals surface area contributed by atoms with E-state index in [1.807, 2.05) is 13.8 Å². The van der Waals surface area contributed by atoms with Crippen LogP contribution in [0.5, 0.6) is 0 Å². The molecular weight excluding hydrogens is 192 g/mol. The second kappa shape index (κ2) is 4.55. The van der Waals surface area contributed by atoms with Gasteiger partial charge < -0.3 is 5.11 Å². The predicted molar refractivity (Wildman–Crippen MR) is 58.0 cm³/mol. The summed E-state index contributed by atoms with van der Waals surface area (Å²) >= 11 is 0. The molecule has 0 atom stereocenters. The minimum absolute atomic E-state index is 0.609. The Morgan fingerprint density at radius 1 is 1.27 bits per heavy atom. The smallest absolute Gasteiger partial charge is 0.328 e. The molecule has 0 aliphatic carbocycles. The van der Waals surface area contributed by atoms with Gasteiger partial charge in [-0.1, -0.05) is 0 Å². The number of carbonyl (C=O) groups is 2. The Hall–Kier alpha value is -1.90. The number of aryl methyl sites for hydroxylation is 2. The molecule has 0 saturated heterocycles. The average molecular weight is 204 g/mol. The first-order valence-corrected chi connectivity index (χ1v) is 4.52. The van der Waals surface area contributed by atoms with Gasteiger partial charge in [0.2, 0.25) is 0 Å². The Bertz CT molecular complexity index is 407. The molecule has 0 aliphatic rings. The Labute approximate surface area is 88.0 Å². The van der Waals surface area contributed by atoms with E-state index in [-0.39, 0.29) is 0 Å². The highest BCUT2D eigenvalue weighted by Gasteiger charge is 2.02. The Morgan fingerprint density at radius 2 is 1.80 bits per heavy atom. The van der Waals surface area contributed by atoms with Crippen LogP contribution >= 0.6 is 0 Å². The first-order valence-electron chi connectivity index (χ1n) is 4.52. The maximum Gasteiger partial charge on any atom is 0.328 e. The maximum absolute atomic E-state index is 10.6. The fourth-order valence-corrected chi connectivity index (χ4v) is 1.49. The number of benzene rings is 1. The lowest BCUT2D eigenvalue weighted by atomic mass is 9.99. The summed E-state index contributed by atoms with van der Waals surface area (Å²) in [6.45, 7) is 3.70. The zero-order valence-corrected chi connectivity index (χ0v) is 8.65. The van der Waals surface area contributed by atoms with Crippen LogP contribution in [0.1, 0.15) is 27.0 Å². The first-order chi connectivity index (χ1) is 7.04. The monoisotopic (exact) mass is 204 g/mol. The molecule has 0 fully saturated rings. The van der Waals surface area contributed by atoms with Gasteiger partial charge in [-0.25, -0.2) is 4.79 Å². The van der Waals surface area contributed by atoms with Crippen LogP contribution in [0.2, 0.25) is 0 Å². The molecule has 0 amide bonds. The third-order valence-corrected chi connectivity index (χ3v) is 2.14. The van der Waals surface area contributed by atoms with Crippen molar-refractivity contribution in [3.63, 3.8) is 0 Å². The van der Waals surface area contributed by atoms with Crippen LogP contribution in [-0.4, -0.2) is 17.4 Å². The van der Waals surface area contributed by atoms with Crippen molar-refractivity contribution in [3.8, 4) is 0 Å². The Balaban J connectivity index is 3.19. The molecule has 0 heterocycles.